The van der Waals surface area contributed by atoms with Gasteiger partial charge in [0.2, 0.25) is 11.8 Å². The highest BCUT2D eigenvalue weighted by Gasteiger charge is 2.40. The molecule has 160 valence electrons. The summed E-state index contributed by atoms with van der Waals surface area (Å²) >= 11 is 0. The van der Waals surface area contributed by atoms with Gasteiger partial charge in [0, 0.05) is 25.1 Å². The van der Waals surface area contributed by atoms with Gasteiger partial charge in [0.25, 0.3) is 5.91 Å². The Balaban J connectivity index is 1.30. The molecule has 1 saturated heterocycles. The highest BCUT2D eigenvalue weighted by molar-refractivity contribution is 6.05. The van der Waals surface area contributed by atoms with E-state index in [1.54, 1.807) is 6.07 Å². The summed E-state index contributed by atoms with van der Waals surface area (Å²) < 4.78 is 5.30. The van der Waals surface area contributed by atoms with E-state index in [0.717, 1.165) is 17.5 Å². The first kappa shape index (κ1) is 20.4. The highest BCUT2D eigenvalue weighted by atomic mass is 16.5. The van der Waals surface area contributed by atoms with Crippen LogP contribution in [0.2, 0.25) is 0 Å². The van der Waals surface area contributed by atoms with E-state index in [2.05, 4.69) is 24.5 Å². The third-order valence-electron chi connectivity index (χ3n) is 6.29. The molecule has 1 aliphatic carbocycles. The predicted octanol–water partition coefficient (Wildman–Crippen LogP) is 1.97. The average molecular weight is 413 g/mol. The van der Waals surface area contributed by atoms with Crippen molar-refractivity contribution in [3.63, 3.8) is 0 Å². The van der Waals surface area contributed by atoms with E-state index in [1.165, 1.54) is 4.90 Å². The Morgan fingerprint density at radius 2 is 2.10 bits per heavy atom. The normalized spacial score (nSPS) is 25.2. The van der Waals surface area contributed by atoms with Crippen LogP contribution < -0.4 is 10.6 Å². The van der Waals surface area contributed by atoms with E-state index >= 15 is 0 Å². The SMILES string of the molecule is CC(C)[C@@H]1CC1COC(=O)NCc1ccc2c(c1)C(=O)N(C1CCC(=O)NC1=O)C2. The fourth-order valence-corrected chi connectivity index (χ4v) is 4.40. The van der Waals surface area contributed by atoms with Crippen molar-refractivity contribution < 1.29 is 23.9 Å². The van der Waals surface area contributed by atoms with Gasteiger partial charge in [0.1, 0.15) is 6.04 Å². The van der Waals surface area contributed by atoms with Crippen LogP contribution in [-0.2, 0) is 27.4 Å². The summed E-state index contributed by atoms with van der Waals surface area (Å²) in [5.41, 5.74) is 2.16. The van der Waals surface area contributed by atoms with Crippen molar-refractivity contribution in [1.82, 2.24) is 15.5 Å². The van der Waals surface area contributed by atoms with Crippen molar-refractivity contribution >= 4 is 23.8 Å². The molecular weight excluding hydrogens is 386 g/mol. The molecule has 2 aliphatic heterocycles. The van der Waals surface area contributed by atoms with Crippen LogP contribution in [0.4, 0.5) is 4.79 Å². The third kappa shape index (κ3) is 4.17. The van der Waals surface area contributed by atoms with Crippen molar-refractivity contribution in [3.05, 3.63) is 34.9 Å². The first-order valence-corrected chi connectivity index (χ1v) is 10.5. The Morgan fingerprint density at radius 1 is 1.30 bits per heavy atom. The fourth-order valence-electron chi connectivity index (χ4n) is 4.40. The van der Waals surface area contributed by atoms with Gasteiger partial charge in [-0.3, -0.25) is 19.7 Å². The van der Waals surface area contributed by atoms with Crippen molar-refractivity contribution in [2.75, 3.05) is 6.61 Å². The first-order valence-electron chi connectivity index (χ1n) is 10.5. The van der Waals surface area contributed by atoms with E-state index < -0.39 is 18.0 Å². The first-order chi connectivity index (χ1) is 14.3. The standard InChI is InChI=1S/C22H27N3O5/c1-12(2)16-8-15(16)11-30-22(29)23-9-13-3-4-14-10-25(21(28)17(14)7-13)18-5-6-19(26)24-20(18)27/h3-4,7,12,15-16,18H,5-6,8-11H2,1-2H3,(H,23,29)(H,24,26,27)/t15?,16-,18?/m0/s1. The second-order valence-electron chi connectivity index (χ2n) is 8.75. The maximum atomic E-state index is 12.8. The van der Waals surface area contributed by atoms with Gasteiger partial charge in [-0.2, -0.15) is 0 Å². The molecule has 0 spiro atoms. The molecule has 3 aliphatic rings. The Labute approximate surface area is 175 Å². The van der Waals surface area contributed by atoms with Crippen molar-refractivity contribution in [2.24, 2.45) is 17.8 Å². The third-order valence-corrected chi connectivity index (χ3v) is 6.29. The molecule has 2 heterocycles. The molecule has 8 heteroatoms. The summed E-state index contributed by atoms with van der Waals surface area (Å²) in [4.78, 5) is 49.8. The van der Waals surface area contributed by atoms with Crippen molar-refractivity contribution in [3.8, 4) is 0 Å². The lowest BCUT2D eigenvalue weighted by Crippen LogP contribution is -2.52. The van der Waals surface area contributed by atoms with Gasteiger partial charge >= 0.3 is 6.09 Å². The Bertz CT molecular complexity index is 897. The maximum Gasteiger partial charge on any atom is 0.407 e. The molecule has 2 fully saturated rings. The fraction of sp³-hybridized carbons (Fsp3) is 0.545. The second kappa shape index (κ2) is 8.08. The minimum atomic E-state index is -0.628. The number of nitrogens with one attached hydrogen (secondary N) is 2. The summed E-state index contributed by atoms with van der Waals surface area (Å²) in [6, 6.07) is 4.82. The molecule has 1 saturated carbocycles. The molecule has 4 amide bonds. The van der Waals surface area contributed by atoms with E-state index in [4.69, 9.17) is 4.74 Å². The second-order valence-corrected chi connectivity index (χ2v) is 8.75. The van der Waals surface area contributed by atoms with Crippen LogP contribution in [0.25, 0.3) is 0 Å². The zero-order chi connectivity index (χ0) is 21.4. The van der Waals surface area contributed by atoms with Gasteiger partial charge in [-0.15, -0.1) is 0 Å². The van der Waals surface area contributed by atoms with Crippen LogP contribution in [0.15, 0.2) is 18.2 Å². The predicted molar refractivity (Wildman–Crippen MR) is 107 cm³/mol. The number of nitrogens with zero attached hydrogens (tertiary/aromatic N) is 1. The highest BCUT2D eigenvalue weighted by Crippen LogP contribution is 2.44. The van der Waals surface area contributed by atoms with E-state index in [-0.39, 0.29) is 24.8 Å². The van der Waals surface area contributed by atoms with Crippen LogP contribution >= 0.6 is 0 Å². The molecular formula is C22H27N3O5. The van der Waals surface area contributed by atoms with E-state index in [1.807, 2.05) is 12.1 Å². The zero-order valence-electron chi connectivity index (χ0n) is 17.3. The number of carbonyl (C=O) groups excluding carboxylic acids is 4. The molecule has 0 aromatic heterocycles. The van der Waals surface area contributed by atoms with E-state index in [0.29, 0.717) is 42.9 Å². The molecule has 0 bridgehead atoms. The van der Waals surface area contributed by atoms with Crippen LogP contribution in [0.1, 0.15) is 54.6 Å². The molecule has 8 nitrogen and oxygen atoms in total. The monoisotopic (exact) mass is 413 g/mol. The number of benzene rings is 1. The average Bonchev–Trinajstić information content (AvgIpc) is 3.43. The lowest BCUT2D eigenvalue weighted by atomic mass is 10.0. The number of amides is 4. The quantitative estimate of drug-likeness (QED) is 0.694. The summed E-state index contributed by atoms with van der Waals surface area (Å²) in [5, 5.41) is 5.03. The van der Waals surface area contributed by atoms with Gasteiger partial charge < -0.3 is 15.0 Å². The van der Waals surface area contributed by atoms with Crippen LogP contribution in [0.3, 0.4) is 0 Å². The molecule has 2 unspecified atom stereocenters. The summed E-state index contributed by atoms with van der Waals surface area (Å²) in [6.07, 6.45) is 1.22. The number of fused-ring (bicyclic) bond motifs is 1. The van der Waals surface area contributed by atoms with Gasteiger partial charge in [-0.05, 0) is 47.8 Å². The molecule has 0 radical (unpaired) electrons. The van der Waals surface area contributed by atoms with Crippen LogP contribution in [0, 0.1) is 17.8 Å². The number of alkyl carbamates (subject to hydrolysis) is 1. The molecule has 2 N–H and O–H groups in total. The lowest BCUT2D eigenvalue weighted by molar-refractivity contribution is -0.136. The Morgan fingerprint density at radius 3 is 2.80 bits per heavy atom. The molecule has 30 heavy (non-hydrogen) atoms. The number of hydrogen-bond acceptors (Lipinski definition) is 5. The number of ether oxygens (including phenoxy) is 1. The minimum absolute atomic E-state index is 0.225. The van der Waals surface area contributed by atoms with Crippen LogP contribution in [0.5, 0.6) is 0 Å². The molecule has 4 rings (SSSR count). The largest absolute Gasteiger partial charge is 0.449 e. The zero-order valence-corrected chi connectivity index (χ0v) is 17.3. The summed E-state index contributed by atoms with van der Waals surface area (Å²) in [5.74, 6) is 0.775. The summed E-state index contributed by atoms with van der Waals surface area (Å²) in [7, 11) is 0. The molecule has 1 aromatic rings. The number of carbonyl (C=O) groups is 4. The minimum Gasteiger partial charge on any atom is -0.449 e. The van der Waals surface area contributed by atoms with Gasteiger partial charge in [0.15, 0.2) is 0 Å². The van der Waals surface area contributed by atoms with Crippen LogP contribution in [-0.4, -0.2) is 41.4 Å². The number of piperidine rings is 1. The number of hydrogen-bond donors (Lipinski definition) is 2. The Hall–Kier alpha value is -2.90. The smallest absolute Gasteiger partial charge is 0.407 e. The van der Waals surface area contributed by atoms with Crippen molar-refractivity contribution in [2.45, 2.75) is 52.2 Å². The van der Waals surface area contributed by atoms with E-state index in [9.17, 15) is 19.2 Å². The summed E-state index contributed by atoms with van der Waals surface area (Å²) in [6.45, 7) is 5.41. The van der Waals surface area contributed by atoms with Gasteiger partial charge in [-0.1, -0.05) is 26.0 Å². The molecule has 1 aromatic carbocycles. The molecule has 3 atom stereocenters. The van der Waals surface area contributed by atoms with Gasteiger partial charge in [0.05, 0.1) is 6.61 Å². The topological polar surface area (TPSA) is 105 Å². The number of rotatable bonds is 6. The maximum absolute atomic E-state index is 12.8. The van der Waals surface area contributed by atoms with Gasteiger partial charge in [-0.25, -0.2) is 4.79 Å². The Kier molecular flexibility index (Phi) is 5.49. The van der Waals surface area contributed by atoms with Crippen molar-refractivity contribution in [1.29, 1.82) is 0 Å². The lowest BCUT2D eigenvalue weighted by Gasteiger charge is -2.29. The number of imide groups is 1.